The molecular weight excluding hydrogens is 236 g/mol. The van der Waals surface area contributed by atoms with Crippen LogP contribution in [0.2, 0.25) is 0 Å². The molecule has 0 bridgehead atoms. The summed E-state index contributed by atoms with van der Waals surface area (Å²) in [6.45, 7) is 2.13. The van der Waals surface area contributed by atoms with Crippen molar-refractivity contribution in [3.8, 4) is 16.9 Å². The van der Waals surface area contributed by atoms with E-state index in [0.29, 0.717) is 6.42 Å². The summed E-state index contributed by atoms with van der Waals surface area (Å²) in [6, 6.07) is 14.3. The molecule has 0 aromatic heterocycles. The molecule has 0 saturated heterocycles. The molecule has 2 rings (SSSR count). The van der Waals surface area contributed by atoms with Crippen LogP contribution in [-0.2, 0) is 17.6 Å². The molecule has 0 fully saturated rings. The van der Waals surface area contributed by atoms with Gasteiger partial charge in [-0.15, -0.1) is 0 Å². The molecule has 0 unspecified atom stereocenters. The van der Waals surface area contributed by atoms with E-state index in [0.717, 1.165) is 24.0 Å². The number of methoxy groups -OCH3 is 1. The lowest BCUT2D eigenvalue weighted by atomic mass is 9.95. The first-order valence-corrected chi connectivity index (χ1v) is 6.48. The van der Waals surface area contributed by atoms with E-state index in [1.807, 2.05) is 18.2 Å². The molecule has 19 heavy (non-hydrogen) atoms. The van der Waals surface area contributed by atoms with E-state index < -0.39 is 0 Å². The Morgan fingerprint density at radius 1 is 1.11 bits per heavy atom. The minimum atomic E-state index is 0.482. The van der Waals surface area contributed by atoms with E-state index in [1.54, 1.807) is 7.11 Å². The Balaban J connectivity index is 2.39. The minimum Gasteiger partial charge on any atom is -0.497 e. The summed E-state index contributed by atoms with van der Waals surface area (Å²) < 4.78 is 5.17. The van der Waals surface area contributed by atoms with Crippen LogP contribution in [-0.4, -0.2) is 13.4 Å². The van der Waals surface area contributed by atoms with Gasteiger partial charge in [-0.3, -0.25) is 0 Å². The Morgan fingerprint density at radius 3 is 2.42 bits per heavy atom. The molecule has 0 spiro atoms. The van der Waals surface area contributed by atoms with E-state index in [4.69, 9.17) is 4.74 Å². The van der Waals surface area contributed by atoms with Gasteiger partial charge >= 0.3 is 0 Å². The second-order valence-electron chi connectivity index (χ2n) is 4.44. The third-order valence-corrected chi connectivity index (χ3v) is 3.27. The Morgan fingerprint density at radius 2 is 1.84 bits per heavy atom. The summed E-state index contributed by atoms with van der Waals surface area (Å²) in [5.41, 5.74) is 4.74. The lowest BCUT2D eigenvalue weighted by Crippen LogP contribution is -1.93. The molecule has 2 nitrogen and oxygen atoms in total. The maximum Gasteiger partial charge on any atom is 0.124 e. The topological polar surface area (TPSA) is 26.3 Å². The highest BCUT2D eigenvalue weighted by Gasteiger charge is 2.05. The molecule has 0 radical (unpaired) electrons. The molecule has 0 aliphatic heterocycles. The van der Waals surface area contributed by atoms with Crippen molar-refractivity contribution in [3.63, 3.8) is 0 Å². The van der Waals surface area contributed by atoms with Gasteiger partial charge in [0.15, 0.2) is 0 Å². The summed E-state index contributed by atoms with van der Waals surface area (Å²) in [4.78, 5) is 10.6. The standard InChI is InChI=1S/C17H18O2/c1-3-14-12-13(10-11-18)4-9-17(14)15-5-7-16(19-2)8-6-15/h4-9,11-12H,3,10H2,1-2H3. The molecule has 2 heteroatoms. The Bertz CT molecular complexity index is 556. The average molecular weight is 254 g/mol. The predicted molar refractivity (Wildman–Crippen MR) is 77.6 cm³/mol. The quantitative estimate of drug-likeness (QED) is 0.761. The molecule has 0 N–H and O–H groups in total. The zero-order valence-corrected chi connectivity index (χ0v) is 11.3. The Kier molecular flexibility index (Phi) is 4.35. The normalized spacial score (nSPS) is 10.2. The number of hydrogen-bond donors (Lipinski definition) is 0. The van der Waals surface area contributed by atoms with Gasteiger partial charge in [-0.2, -0.15) is 0 Å². The SMILES string of the molecule is CCc1cc(CC=O)ccc1-c1ccc(OC)cc1. The molecule has 0 aliphatic carbocycles. The third-order valence-electron chi connectivity index (χ3n) is 3.27. The monoisotopic (exact) mass is 254 g/mol. The maximum absolute atomic E-state index is 10.6. The van der Waals surface area contributed by atoms with E-state index in [-0.39, 0.29) is 0 Å². The molecule has 0 heterocycles. The molecule has 0 amide bonds. The first kappa shape index (κ1) is 13.3. The van der Waals surface area contributed by atoms with Crippen LogP contribution >= 0.6 is 0 Å². The molecular formula is C17H18O2. The minimum absolute atomic E-state index is 0.482. The first-order valence-electron chi connectivity index (χ1n) is 6.48. The van der Waals surface area contributed by atoms with Crippen LogP contribution in [0.5, 0.6) is 5.75 Å². The molecule has 2 aromatic carbocycles. The van der Waals surface area contributed by atoms with E-state index in [1.165, 1.54) is 16.7 Å². The van der Waals surface area contributed by atoms with E-state index in [2.05, 4.69) is 31.2 Å². The fourth-order valence-corrected chi connectivity index (χ4v) is 2.21. The average Bonchev–Trinajstić information content (AvgIpc) is 2.47. The maximum atomic E-state index is 10.6. The summed E-state index contributed by atoms with van der Waals surface area (Å²) in [5.74, 6) is 0.861. The highest BCUT2D eigenvalue weighted by atomic mass is 16.5. The summed E-state index contributed by atoms with van der Waals surface area (Å²) >= 11 is 0. The van der Waals surface area contributed by atoms with Gasteiger partial charge < -0.3 is 9.53 Å². The van der Waals surface area contributed by atoms with Gasteiger partial charge in [-0.05, 0) is 40.8 Å². The first-order chi connectivity index (χ1) is 9.28. The van der Waals surface area contributed by atoms with E-state index in [9.17, 15) is 4.79 Å². The molecule has 2 aromatic rings. The molecule has 98 valence electrons. The zero-order chi connectivity index (χ0) is 13.7. The fraction of sp³-hybridized carbons (Fsp3) is 0.235. The highest BCUT2D eigenvalue weighted by Crippen LogP contribution is 2.27. The van der Waals surface area contributed by atoms with Crippen LogP contribution in [0.4, 0.5) is 0 Å². The summed E-state index contributed by atoms with van der Waals surface area (Å²) in [7, 11) is 1.67. The lowest BCUT2D eigenvalue weighted by molar-refractivity contribution is -0.107. The van der Waals surface area contributed by atoms with Gasteiger partial charge in [-0.25, -0.2) is 0 Å². The van der Waals surface area contributed by atoms with Crippen LogP contribution < -0.4 is 4.74 Å². The van der Waals surface area contributed by atoms with Crippen LogP contribution in [0.15, 0.2) is 42.5 Å². The van der Waals surface area contributed by atoms with Crippen molar-refractivity contribution in [2.75, 3.05) is 7.11 Å². The van der Waals surface area contributed by atoms with Gasteiger partial charge in [0.05, 0.1) is 7.11 Å². The van der Waals surface area contributed by atoms with Gasteiger partial charge in [0.2, 0.25) is 0 Å². The summed E-state index contributed by atoms with van der Waals surface area (Å²) in [6.07, 6.45) is 2.38. The van der Waals surface area contributed by atoms with Crippen LogP contribution in [0.3, 0.4) is 0 Å². The highest BCUT2D eigenvalue weighted by molar-refractivity contribution is 5.69. The molecule has 0 saturated carbocycles. The Hall–Kier alpha value is -2.09. The van der Waals surface area contributed by atoms with Crippen molar-refractivity contribution in [2.45, 2.75) is 19.8 Å². The summed E-state index contributed by atoms with van der Waals surface area (Å²) in [5, 5.41) is 0. The number of carbonyl (C=O) groups excluding carboxylic acids is 1. The number of carbonyl (C=O) groups is 1. The second-order valence-corrected chi connectivity index (χ2v) is 4.44. The van der Waals surface area contributed by atoms with Crippen LogP contribution in [0, 0.1) is 0 Å². The number of benzene rings is 2. The van der Waals surface area contributed by atoms with Crippen molar-refractivity contribution in [1.29, 1.82) is 0 Å². The van der Waals surface area contributed by atoms with Gasteiger partial charge in [0.1, 0.15) is 12.0 Å². The van der Waals surface area contributed by atoms with Crippen molar-refractivity contribution >= 4 is 6.29 Å². The van der Waals surface area contributed by atoms with Crippen molar-refractivity contribution in [1.82, 2.24) is 0 Å². The molecule has 0 atom stereocenters. The second kappa shape index (κ2) is 6.19. The number of hydrogen-bond acceptors (Lipinski definition) is 2. The van der Waals surface area contributed by atoms with Crippen LogP contribution in [0.25, 0.3) is 11.1 Å². The zero-order valence-electron chi connectivity index (χ0n) is 11.3. The number of ether oxygens (including phenoxy) is 1. The Labute approximate surface area is 114 Å². The van der Waals surface area contributed by atoms with Crippen LogP contribution in [0.1, 0.15) is 18.1 Å². The number of aldehydes is 1. The number of aryl methyl sites for hydroxylation is 1. The lowest BCUT2D eigenvalue weighted by Gasteiger charge is -2.10. The van der Waals surface area contributed by atoms with Crippen molar-refractivity contribution < 1.29 is 9.53 Å². The third kappa shape index (κ3) is 3.02. The predicted octanol–water partition coefficient (Wildman–Crippen LogP) is 3.67. The van der Waals surface area contributed by atoms with Crippen molar-refractivity contribution in [2.24, 2.45) is 0 Å². The smallest absolute Gasteiger partial charge is 0.124 e. The largest absolute Gasteiger partial charge is 0.497 e. The molecule has 0 aliphatic rings. The van der Waals surface area contributed by atoms with Gasteiger partial charge in [0.25, 0.3) is 0 Å². The van der Waals surface area contributed by atoms with Gasteiger partial charge in [0, 0.05) is 6.42 Å². The fourth-order valence-electron chi connectivity index (χ4n) is 2.21. The van der Waals surface area contributed by atoms with Crippen molar-refractivity contribution in [3.05, 3.63) is 53.6 Å². The van der Waals surface area contributed by atoms with E-state index >= 15 is 0 Å². The number of rotatable bonds is 5. The van der Waals surface area contributed by atoms with Gasteiger partial charge in [-0.1, -0.05) is 37.3 Å².